The second-order valence-corrected chi connectivity index (χ2v) is 5.86. The van der Waals surface area contributed by atoms with Crippen molar-refractivity contribution in [3.8, 4) is 0 Å². The minimum Gasteiger partial charge on any atom is -0.334 e. The molecule has 1 N–H and O–H groups in total. The fourth-order valence-electron chi connectivity index (χ4n) is 3.51. The van der Waals surface area contributed by atoms with E-state index in [1.54, 1.807) is 4.90 Å². The standard InChI is InChI=1S/C16H20F2N2O/c17-11-5-3-6-12(18)15(11)16(21)20-10-2-1-8-14(20)13-7-4-9-19-13/h3,5-6,13-14,19H,1-2,4,7-10H2. The molecular weight excluding hydrogens is 274 g/mol. The fourth-order valence-corrected chi connectivity index (χ4v) is 3.51. The Balaban J connectivity index is 1.87. The monoisotopic (exact) mass is 294 g/mol. The van der Waals surface area contributed by atoms with E-state index in [0.717, 1.165) is 50.8 Å². The van der Waals surface area contributed by atoms with Gasteiger partial charge < -0.3 is 10.2 Å². The van der Waals surface area contributed by atoms with E-state index in [2.05, 4.69) is 5.32 Å². The van der Waals surface area contributed by atoms with Crippen molar-refractivity contribution >= 4 is 5.91 Å². The number of amides is 1. The third kappa shape index (κ3) is 2.79. The highest BCUT2D eigenvalue weighted by molar-refractivity contribution is 5.95. The van der Waals surface area contributed by atoms with Crippen molar-refractivity contribution in [2.24, 2.45) is 0 Å². The average Bonchev–Trinajstić information content (AvgIpc) is 3.01. The zero-order valence-corrected chi connectivity index (χ0v) is 11.9. The van der Waals surface area contributed by atoms with Gasteiger partial charge in [-0.15, -0.1) is 0 Å². The van der Waals surface area contributed by atoms with Crippen LogP contribution in [0.3, 0.4) is 0 Å². The van der Waals surface area contributed by atoms with E-state index in [1.807, 2.05) is 0 Å². The van der Waals surface area contributed by atoms with Crippen LogP contribution in [0.4, 0.5) is 8.78 Å². The van der Waals surface area contributed by atoms with Crippen LogP contribution in [0.1, 0.15) is 42.5 Å². The van der Waals surface area contributed by atoms with Gasteiger partial charge in [-0.05, 0) is 50.8 Å². The summed E-state index contributed by atoms with van der Waals surface area (Å²) in [4.78, 5) is 14.3. The Labute approximate surface area is 123 Å². The van der Waals surface area contributed by atoms with Crippen molar-refractivity contribution in [1.29, 1.82) is 0 Å². The molecule has 0 saturated carbocycles. The van der Waals surface area contributed by atoms with Gasteiger partial charge in [0.25, 0.3) is 5.91 Å². The lowest BCUT2D eigenvalue weighted by Gasteiger charge is -2.39. The number of piperidine rings is 1. The first-order valence-corrected chi connectivity index (χ1v) is 7.67. The Bertz CT molecular complexity index is 509. The van der Waals surface area contributed by atoms with Crippen LogP contribution in [0.25, 0.3) is 0 Å². The number of rotatable bonds is 2. The van der Waals surface area contributed by atoms with Crippen molar-refractivity contribution in [3.63, 3.8) is 0 Å². The highest BCUT2D eigenvalue weighted by Crippen LogP contribution is 2.27. The number of likely N-dealkylation sites (tertiary alicyclic amines) is 1. The third-order valence-electron chi connectivity index (χ3n) is 4.55. The van der Waals surface area contributed by atoms with E-state index in [-0.39, 0.29) is 12.1 Å². The smallest absolute Gasteiger partial charge is 0.260 e. The molecular formula is C16H20F2N2O. The number of nitrogens with zero attached hydrogens (tertiary/aromatic N) is 1. The first-order valence-electron chi connectivity index (χ1n) is 7.67. The molecule has 0 bridgehead atoms. The number of benzene rings is 1. The molecule has 0 spiro atoms. The lowest BCUT2D eigenvalue weighted by Crippen LogP contribution is -2.52. The zero-order chi connectivity index (χ0) is 14.8. The summed E-state index contributed by atoms with van der Waals surface area (Å²) in [6.45, 7) is 1.53. The Hall–Kier alpha value is -1.49. The first-order chi connectivity index (χ1) is 10.2. The molecule has 2 unspecified atom stereocenters. The molecule has 0 radical (unpaired) electrons. The van der Waals surface area contributed by atoms with E-state index in [0.29, 0.717) is 6.54 Å². The normalized spacial score (nSPS) is 26.1. The average molecular weight is 294 g/mol. The van der Waals surface area contributed by atoms with Gasteiger partial charge in [0.15, 0.2) is 0 Å². The molecule has 1 aromatic carbocycles. The number of halogens is 2. The highest BCUT2D eigenvalue weighted by atomic mass is 19.1. The molecule has 1 aromatic rings. The van der Waals surface area contributed by atoms with Crippen molar-refractivity contribution in [3.05, 3.63) is 35.4 Å². The molecule has 2 aliphatic heterocycles. The van der Waals surface area contributed by atoms with Crippen LogP contribution in [0.5, 0.6) is 0 Å². The first kappa shape index (κ1) is 14.4. The van der Waals surface area contributed by atoms with Gasteiger partial charge in [0, 0.05) is 18.6 Å². The predicted molar refractivity (Wildman–Crippen MR) is 76.1 cm³/mol. The summed E-state index contributed by atoms with van der Waals surface area (Å²) in [5.41, 5.74) is -0.414. The summed E-state index contributed by atoms with van der Waals surface area (Å²) in [5, 5.41) is 3.41. The summed E-state index contributed by atoms with van der Waals surface area (Å²) < 4.78 is 27.7. The molecule has 3 rings (SSSR count). The largest absolute Gasteiger partial charge is 0.334 e. The van der Waals surface area contributed by atoms with Crippen LogP contribution in [0.2, 0.25) is 0 Å². The number of hydrogen-bond donors (Lipinski definition) is 1. The van der Waals surface area contributed by atoms with Gasteiger partial charge in [0.2, 0.25) is 0 Å². The zero-order valence-electron chi connectivity index (χ0n) is 11.9. The summed E-state index contributed by atoms with van der Waals surface area (Å²) in [7, 11) is 0. The molecule has 0 aliphatic carbocycles. The second-order valence-electron chi connectivity index (χ2n) is 5.86. The van der Waals surface area contributed by atoms with Crippen LogP contribution in [0, 0.1) is 11.6 Å². The summed E-state index contributed by atoms with van der Waals surface area (Å²) in [6.07, 6.45) is 4.97. The number of carbonyl (C=O) groups excluding carboxylic acids is 1. The van der Waals surface area contributed by atoms with E-state index in [1.165, 1.54) is 6.07 Å². The number of nitrogens with one attached hydrogen (secondary N) is 1. The fraction of sp³-hybridized carbons (Fsp3) is 0.562. The molecule has 3 nitrogen and oxygen atoms in total. The molecule has 21 heavy (non-hydrogen) atoms. The van der Waals surface area contributed by atoms with E-state index in [9.17, 15) is 13.6 Å². The quantitative estimate of drug-likeness (QED) is 0.909. The minimum absolute atomic E-state index is 0.0488. The van der Waals surface area contributed by atoms with Crippen molar-refractivity contribution in [1.82, 2.24) is 10.2 Å². The lowest BCUT2D eigenvalue weighted by atomic mass is 9.93. The molecule has 2 fully saturated rings. The van der Waals surface area contributed by atoms with Crippen molar-refractivity contribution in [2.75, 3.05) is 13.1 Å². The summed E-state index contributed by atoms with van der Waals surface area (Å²) >= 11 is 0. The SMILES string of the molecule is O=C(c1c(F)cccc1F)N1CCCCC1C1CCCN1. The molecule has 0 aromatic heterocycles. The Morgan fingerprint density at radius 3 is 2.57 bits per heavy atom. The Morgan fingerprint density at radius 1 is 1.14 bits per heavy atom. The molecule has 5 heteroatoms. The maximum atomic E-state index is 13.9. The van der Waals surface area contributed by atoms with Crippen LogP contribution in [0.15, 0.2) is 18.2 Å². The Morgan fingerprint density at radius 2 is 1.90 bits per heavy atom. The van der Waals surface area contributed by atoms with Gasteiger partial charge >= 0.3 is 0 Å². The van der Waals surface area contributed by atoms with Crippen LogP contribution >= 0.6 is 0 Å². The maximum Gasteiger partial charge on any atom is 0.260 e. The summed E-state index contributed by atoms with van der Waals surface area (Å²) in [6, 6.07) is 3.87. The van der Waals surface area contributed by atoms with E-state index >= 15 is 0 Å². The predicted octanol–water partition coefficient (Wildman–Crippen LogP) is 2.71. The molecule has 114 valence electrons. The number of hydrogen-bond acceptors (Lipinski definition) is 2. The van der Waals surface area contributed by atoms with Gasteiger partial charge in [0.1, 0.15) is 17.2 Å². The van der Waals surface area contributed by atoms with E-state index < -0.39 is 23.1 Å². The molecule has 2 atom stereocenters. The maximum absolute atomic E-state index is 13.9. The van der Waals surface area contributed by atoms with E-state index in [4.69, 9.17) is 0 Å². The molecule has 2 heterocycles. The molecule has 1 amide bonds. The lowest BCUT2D eigenvalue weighted by molar-refractivity contribution is 0.0554. The van der Waals surface area contributed by atoms with Gasteiger partial charge in [0.05, 0.1) is 0 Å². The van der Waals surface area contributed by atoms with Gasteiger partial charge in [-0.25, -0.2) is 8.78 Å². The van der Waals surface area contributed by atoms with Crippen LogP contribution < -0.4 is 5.32 Å². The third-order valence-corrected chi connectivity index (χ3v) is 4.55. The van der Waals surface area contributed by atoms with Gasteiger partial charge in [-0.2, -0.15) is 0 Å². The van der Waals surface area contributed by atoms with Crippen LogP contribution in [-0.2, 0) is 0 Å². The van der Waals surface area contributed by atoms with Gasteiger partial charge in [-0.3, -0.25) is 4.79 Å². The van der Waals surface area contributed by atoms with Crippen molar-refractivity contribution in [2.45, 2.75) is 44.2 Å². The topological polar surface area (TPSA) is 32.3 Å². The minimum atomic E-state index is -0.774. The van der Waals surface area contributed by atoms with Crippen LogP contribution in [-0.4, -0.2) is 36.0 Å². The Kier molecular flexibility index (Phi) is 4.19. The number of carbonyl (C=O) groups is 1. The van der Waals surface area contributed by atoms with Crippen molar-refractivity contribution < 1.29 is 13.6 Å². The molecule has 2 saturated heterocycles. The highest BCUT2D eigenvalue weighted by Gasteiger charge is 2.36. The molecule has 2 aliphatic rings. The summed E-state index contributed by atoms with van der Waals surface area (Å²) in [5.74, 6) is -2.06. The van der Waals surface area contributed by atoms with Gasteiger partial charge in [-0.1, -0.05) is 6.07 Å². The second kappa shape index (κ2) is 6.10.